The molecule has 1 saturated heterocycles. The van der Waals surface area contributed by atoms with Gasteiger partial charge in [0.1, 0.15) is 5.82 Å². The molecule has 0 amide bonds. The molecule has 3 heteroatoms. The minimum atomic E-state index is -0.164. The Bertz CT molecular complexity index is 321. The Morgan fingerprint density at radius 1 is 1.47 bits per heavy atom. The lowest BCUT2D eigenvalue weighted by Crippen LogP contribution is -2.44. The van der Waals surface area contributed by atoms with Crippen LogP contribution in [0.3, 0.4) is 0 Å². The van der Waals surface area contributed by atoms with E-state index in [9.17, 15) is 4.39 Å². The van der Waals surface area contributed by atoms with Gasteiger partial charge >= 0.3 is 0 Å². The van der Waals surface area contributed by atoms with Gasteiger partial charge in [0, 0.05) is 25.3 Å². The zero-order chi connectivity index (χ0) is 10.7. The predicted molar refractivity (Wildman–Crippen MR) is 60.7 cm³/mol. The van der Waals surface area contributed by atoms with Crippen LogP contribution in [0.15, 0.2) is 24.3 Å². The number of piperidine rings is 1. The number of likely N-dealkylation sites (N-methyl/N-ethyl adjacent to an activating group) is 1. The number of rotatable bonds is 2. The maximum atomic E-state index is 13.1. The summed E-state index contributed by atoms with van der Waals surface area (Å²) >= 11 is 0. The van der Waals surface area contributed by atoms with Gasteiger partial charge in [-0.25, -0.2) is 4.39 Å². The molecule has 1 aromatic rings. The van der Waals surface area contributed by atoms with E-state index in [-0.39, 0.29) is 5.82 Å². The summed E-state index contributed by atoms with van der Waals surface area (Å²) in [4.78, 5) is 2.16. The molecule has 0 aromatic heterocycles. The highest BCUT2D eigenvalue weighted by molar-refractivity contribution is 5.46. The predicted octanol–water partition coefficient (Wildman–Crippen LogP) is 2.01. The van der Waals surface area contributed by atoms with Crippen molar-refractivity contribution in [2.24, 2.45) is 0 Å². The minimum absolute atomic E-state index is 0.164. The topological polar surface area (TPSA) is 15.3 Å². The summed E-state index contributed by atoms with van der Waals surface area (Å²) in [6.45, 7) is 2.10. The number of anilines is 1. The van der Waals surface area contributed by atoms with Crippen molar-refractivity contribution < 1.29 is 4.39 Å². The molecular formula is C12H17FN2. The number of halogens is 1. The third-order valence-electron chi connectivity index (χ3n) is 3.03. The first-order valence-corrected chi connectivity index (χ1v) is 5.46. The molecule has 1 fully saturated rings. The standard InChI is InChI=1S/C12H17FN2/c1-15(12-6-3-7-14-9-12)11-5-2-4-10(13)8-11/h2,4-5,8,12,14H,3,6-7,9H2,1H3. The van der Waals surface area contributed by atoms with E-state index in [4.69, 9.17) is 0 Å². The van der Waals surface area contributed by atoms with Crippen molar-refractivity contribution in [2.45, 2.75) is 18.9 Å². The van der Waals surface area contributed by atoms with Gasteiger partial charge in [0.25, 0.3) is 0 Å². The average Bonchev–Trinajstić information content (AvgIpc) is 2.29. The molecule has 2 rings (SSSR count). The van der Waals surface area contributed by atoms with Gasteiger partial charge in [0.05, 0.1) is 0 Å². The van der Waals surface area contributed by atoms with Crippen molar-refractivity contribution in [1.29, 1.82) is 0 Å². The molecule has 0 radical (unpaired) electrons. The van der Waals surface area contributed by atoms with E-state index in [1.807, 2.05) is 13.1 Å². The maximum Gasteiger partial charge on any atom is 0.125 e. The van der Waals surface area contributed by atoms with Gasteiger partial charge in [-0.15, -0.1) is 0 Å². The van der Waals surface area contributed by atoms with E-state index in [1.54, 1.807) is 12.1 Å². The smallest absolute Gasteiger partial charge is 0.125 e. The third kappa shape index (κ3) is 2.48. The first-order valence-electron chi connectivity index (χ1n) is 5.46. The second-order valence-corrected chi connectivity index (χ2v) is 4.09. The number of benzene rings is 1. The fraction of sp³-hybridized carbons (Fsp3) is 0.500. The molecule has 1 aromatic carbocycles. The highest BCUT2D eigenvalue weighted by Crippen LogP contribution is 2.19. The van der Waals surface area contributed by atoms with Gasteiger partial charge in [0.15, 0.2) is 0 Å². The van der Waals surface area contributed by atoms with E-state index in [1.165, 1.54) is 18.9 Å². The third-order valence-corrected chi connectivity index (χ3v) is 3.03. The molecule has 0 aliphatic carbocycles. The van der Waals surface area contributed by atoms with E-state index >= 15 is 0 Å². The van der Waals surface area contributed by atoms with E-state index < -0.39 is 0 Å². The van der Waals surface area contributed by atoms with E-state index in [2.05, 4.69) is 10.2 Å². The fourth-order valence-electron chi connectivity index (χ4n) is 2.07. The summed E-state index contributed by atoms with van der Waals surface area (Å²) in [6, 6.07) is 7.28. The Kier molecular flexibility index (Phi) is 3.21. The van der Waals surface area contributed by atoms with Crippen molar-refractivity contribution in [1.82, 2.24) is 5.32 Å². The van der Waals surface area contributed by atoms with Crippen molar-refractivity contribution in [3.63, 3.8) is 0 Å². The molecule has 1 aliphatic heterocycles. The monoisotopic (exact) mass is 208 g/mol. The first-order chi connectivity index (χ1) is 7.27. The molecule has 0 bridgehead atoms. The van der Waals surface area contributed by atoms with Crippen LogP contribution in [0.25, 0.3) is 0 Å². The van der Waals surface area contributed by atoms with Crippen LogP contribution < -0.4 is 10.2 Å². The second-order valence-electron chi connectivity index (χ2n) is 4.09. The van der Waals surface area contributed by atoms with Crippen LogP contribution in [0, 0.1) is 5.82 Å². The average molecular weight is 208 g/mol. The summed E-state index contributed by atoms with van der Waals surface area (Å²) in [6.07, 6.45) is 2.38. The Morgan fingerprint density at radius 2 is 2.33 bits per heavy atom. The Hall–Kier alpha value is -1.09. The Morgan fingerprint density at radius 3 is 3.00 bits per heavy atom. The van der Waals surface area contributed by atoms with Gasteiger partial charge in [-0.3, -0.25) is 0 Å². The second kappa shape index (κ2) is 4.62. The molecule has 82 valence electrons. The molecule has 1 unspecified atom stereocenters. The minimum Gasteiger partial charge on any atom is -0.370 e. The zero-order valence-electron chi connectivity index (χ0n) is 9.04. The number of hydrogen-bond donors (Lipinski definition) is 1. The van der Waals surface area contributed by atoms with Crippen molar-refractivity contribution in [3.8, 4) is 0 Å². The fourth-order valence-corrected chi connectivity index (χ4v) is 2.07. The largest absolute Gasteiger partial charge is 0.370 e. The molecule has 1 N–H and O–H groups in total. The summed E-state index contributed by atoms with van der Waals surface area (Å²) < 4.78 is 13.1. The Labute approximate surface area is 90.1 Å². The van der Waals surface area contributed by atoms with Crippen molar-refractivity contribution in [2.75, 3.05) is 25.0 Å². The summed E-state index contributed by atoms with van der Waals surface area (Å²) in [5.74, 6) is -0.164. The van der Waals surface area contributed by atoms with Gasteiger partial charge < -0.3 is 10.2 Å². The maximum absolute atomic E-state index is 13.1. The van der Waals surface area contributed by atoms with Crippen LogP contribution in [0.1, 0.15) is 12.8 Å². The van der Waals surface area contributed by atoms with Gasteiger partial charge in [0.2, 0.25) is 0 Å². The van der Waals surface area contributed by atoms with E-state index in [0.717, 1.165) is 18.8 Å². The van der Waals surface area contributed by atoms with Crippen molar-refractivity contribution in [3.05, 3.63) is 30.1 Å². The number of nitrogens with zero attached hydrogens (tertiary/aromatic N) is 1. The molecule has 0 spiro atoms. The van der Waals surface area contributed by atoms with Crippen LogP contribution in [0.5, 0.6) is 0 Å². The van der Waals surface area contributed by atoms with E-state index in [0.29, 0.717) is 6.04 Å². The quantitative estimate of drug-likeness (QED) is 0.800. The van der Waals surface area contributed by atoms with Crippen molar-refractivity contribution >= 4 is 5.69 Å². The van der Waals surface area contributed by atoms with Gasteiger partial charge in [-0.05, 0) is 37.6 Å². The lowest BCUT2D eigenvalue weighted by atomic mass is 10.1. The molecule has 1 heterocycles. The number of hydrogen-bond acceptors (Lipinski definition) is 2. The van der Waals surface area contributed by atoms with Crippen LogP contribution in [0.2, 0.25) is 0 Å². The van der Waals surface area contributed by atoms with Crippen LogP contribution in [-0.4, -0.2) is 26.2 Å². The van der Waals surface area contributed by atoms with Crippen LogP contribution >= 0.6 is 0 Å². The zero-order valence-corrected chi connectivity index (χ0v) is 9.04. The Balaban J connectivity index is 2.08. The summed E-state index contributed by atoms with van der Waals surface area (Å²) in [7, 11) is 2.03. The summed E-state index contributed by atoms with van der Waals surface area (Å²) in [5.41, 5.74) is 0.962. The molecule has 2 nitrogen and oxygen atoms in total. The number of nitrogens with one attached hydrogen (secondary N) is 1. The SMILES string of the molecule is CN(c1cccc(F)c1)C1CCCNC1. The highest BCUT2D eigenvalue weighted by Gasteiger charge is 2.17. The lowest BCUT2D eigenvalue weighted by Gasteiger charge is -2.33. The highest BCUT2D eigenvalue weighted by atomic mass is 19.1. The summed E-state index contributed by atoms with van der Waals surface area (Å²) in [5, 5.41) is 3.36. The molecule has 15 heavy (non-hydrogen) atoms. The van der Waals surface area contributed by atoms with Crippen LogP contribution in [-0.2, 0) is 0 Å². The molecule has 1 atom stereocenters. The van der Waals surface area contributed by atoms with Gasteiger partial charge in [-0.2, -0.15) is 0 Å². The molecule has 1 aliphatic rings. The lowest BCUT2D eigenvalue weighted by molar-refractivity contribution is 0.444. The van der Waals surface area contributed by atoms with Crippen LogP contribution in [0.4, 0.5) is 10.1 Å². The van der Waals surface area contributed by atoms with Gasteiger partial charge in [-0.1, -0.05) is 6.07 Å². The molecular weight excluding hydrogens is 191 g/mol. The normalized spacial score (nSPS) is 21.3. The molecule has 0 saturated carbocycles. The first kappa shape index (κ1) is 10.4.